The average Bonchev–Trinajstić information content (AvgIpc) is 3.21. The predicted octanol–water partition coefficient (Wildman–Crippen LogP) is 2.89. The molecule has 2 aromatic heterocycles. The van der Waals surface area contributed by atoms with Crippen LogP contribution in [0.2, 0.25) is 10.0 Å². The molecule has 28 heavy (non-hydrogen) atoms. The number of ether oxygens (including phenoxy) is 1. The number of hydrogen-bond acceptors (Lipinski definition) is 6. The Balaban J connectivity index is 1.78. The van der Waals surface area contributed by atoms with Crippen LogP contribution >= 0.6 is 23.2 Å². The van der Waals surface area contributed by atoms with Crippen LogP contribution in [0, 0.1) is 6.92 Å². The third-order valence-electron chi connectivity index (χ3n) is 4.36. The highest BCUT2D eigenvalue weighted by Gasteiger charge is 2.21. The zero-order chi connectivity index (χ0) is 20.4. The highest BCUT2D eigenvalue weighted by atomic mass is 35.5. The van der Waals surface area contributed by atoms with E-state index in [1.165, 1.54) is 17.9 Å². The summed E-state index contributed by atoms with van der Waals surface area (Å²) in [5.41, 5.74) is 2.03. The van der Waals surface area contributed by atoms with Crippen LogP contribution in [0.1, 0.15) is 38.1 Å². The van der Waals surface area contributed by atoms with Gasteiger partial charge in [-0.15, -0.1) is 5.10 Å². The molecule has 0 N–H and O–H groups in total. The molecular weight excluding hydrogens is 405 g/mol. The smallest absolute Gasteiger partial charge is 0.356 e. The third kappa shape index (κ3) is 3.93. The lowest BCUT2D eigenvalue weighted by atomic mass is 10.1. The number of aromatic nitrogens is 5. The number of nitrogens with zero attached hydrogens (tertiary/aromatic N) is 5. The number of hydrogen-bond donors (Lipinski definition) is 0. The summed E-state index contributed by atoms with van der Waals surface area (Å²) in [5, 5.41) is 8.99. The molecule has 146 valence electrons. The molecule has 0 aliphatic carbocycles. The zero-order valence-electron chi connectivity index (χ0n) is 15.4. The van der Waals surface area contributed by atoms with Gasteiger partial charge in [-0.3, -0.25) is 4.79 Å². The minimum atomic E-state index is -0.516. The highest BCUT2D eigenvalue weighted by molar-refractivity contribution is 6.42. The second-order valence-electron chi connectivity index (χ2n) is 6.14. The van der Waals surface area contributed by atoms with Gasteiger partial charge in [0.1, 0.15) is 11.5 Å². The van der Waals surface area contributed by atoms with Crippen LogP contribution in [0.25, 0.3) is 0 Å². The second-order valence-corrected chi connectivity index (χ2v) is 6.95. The summed E-state index contributed by atoms with van der Waals surface area (Å²) in [5.74, 6) is -0.329. The Kier molecular flexibility index (Phi) is 5.81. The van der Waals surface area contributed by atoms with Gasteiger partial charge in [0.05, 0.1) is 42.0 Å². The summed E-state index contributed by atoms with van der Waals surface area (Å²) in [6.45, 7) is 2.17. The number of carbonyl (C=O) groups excluding carboxylic acids is 2. The topological polar surface area (TPSA) is 91.9 Å². The van der Waals surface area contributed by atoms with Crippen molar-refractivity contribution in [3.05, 3.63) is 62.9 Å². The number of esters is 1. The fraction of sp³-hybridized carbons (Fsp3) is 0.278. The molecule has 0 atom stereocenters. The molecule has 0 radical (unpaired) electrons. The van der Waals surface area contributed by atoms with E-state index < -0.39 is 5.97 Å². The Morgan fingerprint density at radius 3 is 2.64 bits per heavy atom. The Hall–Kier alpha value is -2.71. The van der Waals surface area contributed by atoms with Crippen LogP contribution in [0.4, 0.5) is 0 Å². The normalized spacial score (nSPS) is 10.9. The van der Waals surface area contributed by atoms with Crippen molar-refractivity contribution < 1.29 is 14.3 Å². The molecule has 3 aromatic rings. The SMILES string of the molecule is COC(=O)c1cnc(CC(=O)c2nnn(Cc3ccc(Cl)c(Cl)c3)c2C)n1C. The van der Waals surface area contributed by atoms with Crippen LogP contribution in [-0.2, 0) is 24.8 Å². The summed E-state index contributed by atoms with van der Waals surface area (Å²) in [6.07, 6.45) is 1.36. The van der Waals surface area contributed by atoms with Gasteiger partial charge in [0.15, 0.2) is 11.5 Å². The van der Waals surface area contributed by atoms with E-state index in [4.69, 9.17) is 23.2 Å². The standard InChI is InChI=1S/C18H17Cl2N5O3/c1-10-17(15(26)7-16-21-8-14(24(16)2)18(27)28-3)22-23-25(10)9-11-4-5-12(19)13(20)6-11/h4-6,8H,7,9H2,1-3H3. The van der Waals surface area contributed by atoms with Gasteiger partial charge in [-0.1, -0.05) is 34.5 Å². The number of benzene rings is 1. The van der Waals surface area contributed by atoms with Gasteiger partial charge in [0.2, 0.25) is 0 Å². The summed E-state index contributed by atoms with van der Waals surface area (Å²) in [7, 11) is 2.94. The Morgan fingerprint density at radius 2 is 1.96 bits per heavy atom. The molecule has 0 unspecified atom stereocenters. The number of methoxy groups -OCH3 is 1. The lowest BCUT2D eigenvalue weighted by Gasteiger charge is -2.06. The van der Waals surface area contributed by atoms with Crippen LogP contribution in [-0.4, -0.2) is 43.4 Å². The van der Waals surface area contributed by atoms with E-state index in [1.807, 2.05) is 6.07 Å². The zero-order valence-corrected chi connectivity index (χ0v) is 17.0. The Bertz CT molecular complexity index is 1060. The Morgan fingerprint density at radius 1 is 1.21 bits per heavy atom. The van der Waals surface area contributed by atoms with Crippen molar-refractivity contribution in [1.29, 1.82) is 0 Å². The lowest BCUT2D eigenvalue weighted by Crippen LogP contribution is -2.14. The summed E-state index contributed by atoms with van der Waals surface area (Å²) in [6, 6.07) is 5.28. The average molecular weight is 422 g/mol. The minimum absolute atomic E-state index is 0.0141. The van der Waals surface area contributed by atoms with E-state index in [9.17, 15) is 9.59 Å². The largest absolute Gasteiger partial charge is 0.464 e. The maximum atomic E-state index is 12.7. The molecule has 0 saturated carbocycles. The summed E-state index contributed by atoms with van der Waals surface area (Å²) >= 11 is 12.0. The molecule has 0 aliphatic heterocycles. The fourth-order valence-electron chi connectivity index (χ4n) is 2.71. The molecule has 3 rings (SSSR count). The van der Waals surface area contributed by atoms with Gasteiger partial charge < -0.3 is 9.30 Å². The first-order valence-corrected chi connectivity index (χ1v) is 9.03. The maximum Gasteiger partial charge on any atom is 0.356 e. The molecule has 1 aromatic carbocycles. The molecule has 0 saturated heterocycles. The van der Waals surface area contributed by atoms with Gasteiger partial charge in [-0.05, 0) is 24.6 Å². The molecule has 0 fully saturated rings. The molecule has 0 amide bonds. The molecule has 0 aliphatic rings. The second kappa shape index (κ2) is 8.12. The quantitative estimate of drug-likeness (QED) is 0.448. The van der Waals surface area contributed by atoms with Crippen LogP contribution in [0.3, 0.4) is 0 Å². The highest BCUT2D eigenvalue weighted by Crippen LogP contribution is 2.23. The van der Waals surface area contributed by atoms with E-state index in [1.54, 1.807) is 30.8 Å². The van der Waals surface area contributed by atoms with Crippen molar-refractivity contribution in [3.63, 3.8) is 0 Å². The van der Waals surface area contributed by atoms with Gasteiger partial charge in [-0.25, -0.2) is 14.5 Å². The number of halogens is 2. The number of Topliss-reactive ketones (excluding diaryl/α,β-unsaturated/α-hetero) is 1. The van der Waals surface area contributed by atoms with Crippen LogP contribution < -0.4 is 0 Å². The lowest BCUT2D eigenvalue weighted by molar-refractivity contribution is 0.0589. The van der Waals surface area contributed by atoms with Crippen LogP contribution in [0.5, 0.6) is 0 Å². The minimum Gasteiger partial charge on any atom is -0.464 e. The first kappa shape index (κ1) is 20.0. The van der Waals surface area contributed by atoms with E-state index in [2.05, 4.69) is 20.0 Å². The van der Waals surface area contributed by atoms with Crippen molar-refractivity contribution in [1.82, 2.24) is 24.5 Å². The van der Waals surface area contributed by atoms with Crippen molar-refractivity contribution >= 4 is 35.0 Å². The van der Waals surface area contributed by atoms with E-state index >= 15 is 0 Å². The molecule has 0 spiro atoms. The first-order chi connectivity index (χ1) is 13.3. The molecular formula is C18H17Cl2N5O3. The van der Waals surface area contributed by atoms with Crippen molar-refractivity contribution in [2.45, 2.75) is 19.9 Å². The third-order valence-corrected chi connectivity index (χ3v) is 5.10. The van der Waals surface area contributed by atoms with Gasteiger partial charge in [0, 0.05) is 7.05 Å². The summed E-state index contributed by atoms with van der Waals surface area (Å²) in [4.78, 5) is 28.5. The van der Waals surface area contributed by atoms with E-state index in [-0.39, 0.29) is 23.6 Å². The van der Waals surface area contributed by atoms with Gasteiger partial charge in [-0.2, -0.15) is 0 Å². The van der Waals surface area contributed by atoms with E-state index in [0.29, 0.717) is 28.1 Å². The van der Waals surface area contributed by atoms with Gasteiger partial charge in [0.25, 0.3) is 0 Å². The molecule has 0 bridgehead atoms. The number of rotatable bonds is 6. The number of ketones is 1. The van der Waals surface area contributed by atoms with Crippen molar-refractivity contribution in [3.8, 4) is 0 Å². The van der Waals surface area contributed by atoms with Crippen LogP contribution in [0.15, 0.2) is 24.4 Å². The van der Waals surface area contributed by atoms with Crippen molar-refractivity contribution in [2.75, 3.05) is 7.11 Å². The summed E-state index contributed by atoms with van der Waals surface area (Å²) < 4.78 is 7.83. The predicted molar refractivity (Wildman–Crippen MR) is 103 cm³/mol. The number of carbonyl (C=O) groups is 2. The van der Waals surface area contributed by atoms with Gasteiger partial charge >= 0.3 is 5.97 Å². The monoisotopic (exact) mass is 421 g/mol. The molecule has 10 heteroatoms. The maximum absolute atomic E-state index is 12.7. The number of imidazole rings is 1. The fourth-order valence-corrected chi connectivity index (χ4v) is 3.03. The molecule has 8 nitrogen and oxygen atoms in total. The van der Waals surface area contributed by atoms with E-state index in [0.717, 1.165) is 5.56 Å². The van der Waals surface area contributed by atoms with Crippen molar-refractivity contribution in [2.24, 2.45) is 7.05 Å². The first-order valence-electron chi connectivity index (χ1n) is 8.28. The molecule has 2 heterocycles. The Labute approximate surface area is 171 Å².